The van der Waals surface area contributed by atoms with Gasteiger partial charge in [-0.1, -0.05) is 48.5 Å². The van der Waals surface area contributed by atoms with Gasteiger partial charge < -0.3 is 15.8 Å². The maximum atomic E-state index is 13.3. The van der Waals surface area contributed by atoms with Gasteiger partial charge in [0.2, 0.25) is 5.91 Å². The standard InChI is InChI=1S/C23H21FN2O3/c24-19-8-4-7-18(14-19)23(28)26-21(22(25)27)13-16-9-11-20(12-10-16)29-15-17-5-2-1-3-6-17/h1-12,14,21H,13,15H2,(H2,25,27)(H,26,28)/t21-/m0/s1. The van der Waals surface area contributed by atoms with Crippen molar-refractivity contribution in [2.75, 3.05) is 0 Å². The zero-order chi connectivity index (χ0) is 20.6. The molecule has 0 radical (unpaired) electrons. The van der Waals surface area contributed by atoms with Crippen LogP contribution in [0.15, 0.2) is 78.9 Å². The van der Waals surface area contributed by atoms with Crippen molar-refractivity contribution >= 4 is 11.8 Å². The van der Waals surface area contributed by atoms with Crippen molar-refractivity contribution < 1.29 is 18.7 Å². The smallest absolute Gasteiger partial charge is 0.252 e. The van der Waals surface area contributed by atoms with Crippen LogP contribution >= 0.6 is 0 Å². The Morgan fingerprint density at radius 1 is 0.931 bits per heavy atom. The number of amides is 2. The van der Waals surface area contributed by atoms with Crippen LogP contribution in [0.4, 0.5) is 4.39 Å². The van der Waals surface area contributed by atoms with E-state index < -0.39 is 23.7 Å². The number of hydrogen-bond donors (Lipinski definition) is 2. The van der Waals surface area contributed by atoms with E-state index >= 15 is 0 Å². The Labute approximate surface area is 168 Å². The summed E-state index contributed by atoms with van der Waals surface area (Å²) in [5.74, 6) is -1.06. The lowest BCUT2D eigenvalue weighted by Gasteiger charge is -2.16. The molecular formula is C23H21FN2O3. The molecule has 0 fully saturated rings. The average molecular weight is 392 g/mol. The van der Waals surface area contributed by atoms with Crippen molar-refractivity contribution in [3.8, 4) is 5.75 Å². The number of ether oxygens (including phenoxy) is 1. The molecule has 0 aliphatic carbocycles. The van der Waals surface area contributed by atoms with Gasteiger partial charge in [0.1, 0.15) is 24.2 Å². The lowest BCUT2D eigenvalue weighted by Crippen LogP contribution is -2.45. The fourth-order valence-corrected chi connectivity index (χ4v) is 2.79. The van der Waals surface area contributed by atoms with E-state index in [1.54, 1.807) is 12.1 Å². The molecule has 0 saturated heterocycles. The van der Waals surface area contributed by atoms with Crippen LogP contribution in [0.1, 0.15) is 21.5 Å². The molecule has 0 unspecified atom stereocenters. The Balaban J connectivity index is 1.60. The first kappa shape index (κ1) is 20.1. The van der Waals surface area contributed by atoms with Gasteiger partial charge in [-0.2, -0.15) is 0 Å². The Hall–Kier alpha value is -3.67. The number of carbonyl (C=O) groups excluding carboxylic acids is 2. The van der Waals surface area contributed by atoms with Crippen molar-refractivity contribution in [2.45, 2.75) is 19.1 Å². The summed E-state index contributed by atoms with van der Waals surface area (Å²) in [4.78, 5) is 24.0. The third-order valence-corrected chi connectivity index (χ3v) is 4.35. The number of halogens is 1. The summed E-state index contributed by atoms with van der Waals surface area (Å²) < 4.78 is 19.0. The largest absolute Gasteiger partial charge is 0.489 e. The number of primary amides is 1. The van der Waals surface area contributed by atoms with Crippen LogP contribution in [0.2, 0.25) is 0 Å². The molecule has 3 N–H and O–H groups in total. The number of carbonyl (C=O) groups is 2. The maximum Gasteiger partial charge on any atom is 0.252 e. The Morgan fingerprint density at radius 2 is 1.66 bits per heavy atom. The fraction of sp³-hybridized carbons (Fsp3) is 0.130. The number of rotatable bonds is 8. The van der Waals surface area contributed by atoms with Crippen molar-refractivity contribution in [3.63, 3.8) is 0 Å². The molecule has 0 aliphatic heterocycles. The van der Waals surface area contributed by atoms with Gasteiger partial charge in [-0.05, 0) is 41.5 Å². The molecule has 6 heteroatoms. The molecule has 3 aromatic carbocycles. The van der Waals surface area contributed by atoms with E-state index in [1.807, 2.05) is 42.5 Å². The van der Waals surface area contributed by atoms with Gasteiger partial charge in [0, 0.05) is 12.0 Å². The molecular weight excluding hydrogens is 371 g/mol. The molecule has 0 heterocycles. The van der Waals surface area contributed by atoms with Gasteiger partial charge in [0.25, 0.3) is 5.91 Å². The van der Waals surface area contributed by atoms with Crippen LogP contribution < -0.4 is 15.8 Å². The van der Waals surface area contributed by atoms with Crippen LogP contribution in [-0.2, 0) is 17.8 Å². The van der Waals surface area contributed by atoms with E-state index in [4.69, 9.17) is 10.5 Å². The van der Waals surface area contributed by atoms with E-state index in [9.17, 15) is 14.0 Å². The van der Waals surface area contributed by atoms with Crippen LogP contribution in [0.3, 0.4) is 0 Å². The van der Waals surface area contributed by atoms with Gasteiger partial charge >= 0.3 is 0 Å². The van der Waals surface area contributed by atoms with Gasteiger partial charge in [-0.3, -0.25) is 9.59 Å². The predicted molar refractivity (Wildman–Crippen MR) is 108 cm³/mol. The number of hydrogen-bond acceptors (Lipinski definition) is 3. The minimum Gasteiger partial charge on any atom is -0.489 e. The second-order valence-electron chi connectivity index (χ2n) is 6.56. The summed E-state index contributed by atoms with van der Waals surface area (Å²) in [6, 6.07) is 21.3. The minimum absolute atomic E-state index is 0.126. The second kappa shape index (κ2) is 9.50. The van der Waals surface area contributed by atoms with Crippen molar-refractivity contribution in [2.24, 2.45) is 5.73 Å². The molecule has 29 heavy (non-hydrogen) atoms. The highest BCUT2D eigenvalue weighted by molar-refractivity contribution is 5.97. The first-order chi connectivity index (χ1) is 14.0. The molecule has 1 atom stereocenters. The van der Waals surface area contributed by atoms with Crippen LogP contribution in [0.5, 0.6) is 5.75 Å². The van der Waals surface area contributed by atoms with Crippen molar-refractivity contribution in [1.82, 2.24) is 5.32 Å². The highest BCUT2D eigenvalue weighted by Gasteiger charge is 2.19. The number of nitrogens with two attached hydrogens (primary N) is 1. The van der Waals surface area contributed by atoms with E-state index in [0.717, 1.165) is 17.2 Å². The first-order valence-corrected chi connectivity index (χ1v) is 9.12. The molecule has 0 saturated carbocycles. The zero-order valence-electron chi connectivity index (χ0n) is 15.7. The summed E-state index contributed by atoms with van der Waals surface area (Å²) >= 11 is 0. The van der Waals surface area contributed by atoms with E-state index in [1.165, 1.54) is 18.2 Å². The van der Waals surface area contributed by atoms with Crippen LogP contribution in [0.25, 0.3) is 0 Å². The predicted octanol–water partition coefficient (Wildman–Crippen LogP) is 3.23. The third kappa shape index (κ3) is 5.90. The number of nitrogens with one attached hydrogen (secondary N) is 1. The molecule has 0 spiro atoms. The van der Waals surface area contributed by atoms with Crippen molar-refractivity contribution in [1.29, 1.82) is 0 Å². The van der Waals surface area contributed by atoms with Gasteiger partial charge in [0.05, 0.1) is 0 Å². The highest BCUT2D eigenvalue weighted by Crippen LogP contribution is 2.15. The van der Waals surface area contributed by atoms with Gasteiger partial charge in [-0.25, -0.2) is 4.39 Å². The quantitative estimate of drug-likeness (QED) is 0.618. The molecule has 0 bridgehead atoms. The molecule has 5 nitrogen and oxygen atoms in total. The molecule has 0 aromatic heterocycles. The summed E-state index contributed by atoms with van der Waals surface area (Å²) in [6.45, 7) is 0.452. The second-order valence-corrected chi connectivity index (χ2v) is 6.56. The van der Waals surface area contributed by atoms with E-state index in [-0.39, 0.29) is 12.0 Å². The summed E-state index contributed by atoms with van der Waals surface area (Å²) in [5, 5.41) is 2.56. The molecule has 148 valence electrons. The Morgan fingerprint density at radius 3 is 2.31 bits per heavy atom. The number of benzene rings is 3. The fourth-order valence-electron chi connectivity index (χ4n) is 2.79. The molecule has 3 rings (SSSR count). The minimum atomic E-state index is -0.915. The lowest BCUT2D eigenvalue weighted by atomic mass is 10.0. The zero-order valence-corrected chi connectivity index (χ0v) is 15.7. The monoisotopic (exact) mass is 392 g/mol. The average Bonchev–Trinajstić information content (AvgIpc) is 2.73. The molecule has 3 aromatic rings. The molecule has 2 amide bonds. The highest BCUT2D eigenvalue weighted by atomic mass is 19.1. The van der Waals surface area contributed by atoms with E-state index in [0.29, 0.717) is 12.4 Å². The molecule has 0 aliphatic rings. The summed E-state index contributed by atoms with van der Waals surface area (Å²) in [6.07, 6.45) is 0.218. The van der Waals surface area contributed by atoms with Crippen LogP contribution in [0, 0.1) is 5.82 Å². The summed E-state index contributed by atoms with van der Waals surface area (Å²) in [5.41, 5.74) is 7.42. The Kier molecular flexibility index (Phi) is 6.58. The Bertz CT molecular complexity index is 975. The van der Waals surface area contributed by atoms with Gasteiger partial charge in [-0.15, -0.1) is 0 Å². The maximum absolute atomic E-state index is 13.3. The lowest BCUT2D eigenvalue weighted by molar-refractivity contribution is -0.119. The normalized spacial score (nSPS) is 11.5. The SMILES string of the molecule is NC(=O)[C@H](Cc1ccc(OCc2ccccc2)cc1)NC(=O)c1cccc(F)c1. The first-order valence-electron chi connectivity index (χ1n) is 9.12. The van der Waals surface area contributed by atoms with E-state index in [2.05, 4.69) is 5.32 Å². The van der Waals surface area contributed by atoms with Gasteiger partial charge in [0.15, 0.2) is 0 Å². The topological polar surface area (TPSA) is 81.4 Å². The van der Waals surface area contributed by atoms with Crippen LogP contribution in [-0.4, -0.2) is 17.9 Å². The van der Waals surface area contributed by atoms with Crippen molar-refractivity contribution in [3.05, 3.63) is 101 Å². The third-order valence-electron chi connectivity index (χ3n) is 4.35. The summed E-state index contributed by atoms with van der Waals surface area (Å²) in [7, 11) is 0.